The molecule has 3 heterocycles. The smallest absolute Gasteiger partial charge is 0.247 e. The lowest BCUT2D eigenvalue weighted by Gasteiger charge is -2.23. The van der Waals surface area contributed by atoms with Crippen molar-refractivity contribution in [3.05, 3.63) is 60.2 Å². The van der Waals surface area contributed by atoms with Crippen molar-refractivity contribution >= 4 is 29.3 Å². The molecular formula is C21H22N6OS. The van der Waals surface area contributed by atoms with Crippen LogP contribution in [0.25, 0.3) is 0 Å². The van der Waals surface area contributed by atoms with E-state index in [1.807, 2.05) is 49.1 Å². The quantitative estimate of drug-likeness (QED) is 0.648. The Morgan fingerprint density at radius 1 is 1.10 bits per heavy atom. The number of carbonyl (C=O) groups excluding carboxylic acids is 1. The summed E-state index contributed by atoms with van der Waals surface area (Å²) in [6, 6.07) is 11.2. The van der Waals surface area contributed by atoms with E-state index in [2.05, 4.69) is 25.3 Å². The van der Waals surface area contributed by atoms with Gasteiger partial charge in [-0.25, -0.2) is 19.9 Å². The molecule has 1 amide bonds. The molecule has 8 heteroatoms. The van der Waals surface area contributed by atoms with Crippen molar-refractivity contribution in [2.45, 2.75) is 42.8 Å². The molecule has 2 aromatic heterocycles. The molecule has 148 valence electrons. The van der Waals surface area contributed by atoms with E-state index in [1.54, 1.807) is 18.5 Å². The monoisotopic (exact) mass is 406 g/mol. The number of aromatic nitrogens is 4. The highest BCUT2D eigenvalue weighted by Gasteiger charge is 2.32. The van der Waals surface area contributed by atoms with Crippen LogP contribution in [0.1, 0.15) is 24.2 Å². The predicted molar refractivity (Wildman–Crippen MR) is 113 cm³/mol. The topological polar surface area (TPSA) is 83.9 Å². The first kappa shape index (κ1) is 19.3. The number of benzene rings is 1. The number of aryl methyl sites for hydroxylation is 2. The minimum Gasteiger partial charge on any atom is -0.329 e. The molecule has 7 nitrogen and oxygen atoms in total. The Morgan fingerprint density at radius 2 is 1.79 bits per heavy atom. The molecule has 0 aliphatic carbocycles. The lowest BCUT2D eigenvalue weighted by molar-refractivity contribution is -0.117. The van der Waals surface area contributed by atoms with Gasteiger partial charge in [0, 0.05) is 40.9 Å². The van der Waals surface area contributed by atoms with E-state index in [-0.39, 0.29) is 11.9 Å². The highest BCUT2D eigenvalue weighted by molar-refractivity contribution is 7.99. The van der Waals surface area contributed by atoms with Crippen molar-refractivity contribution in [2.75, 3.05) is 16.8 Å². The predicted octanol–water partition coefficient (Wildman–Crippen LogP) is 3.64. The molecule has 0 radical (unpaired) electrons. The number of rotatable bonds is 5. The van der Waals surface area contributed by atoms with Gasteiger partial charge in [-0.1, -0.05) is 0 Å². The standard InChI is InChI=1S/C21H22N6OS/c1-14-13-15(2)25-21(24-14)29-17-8-6-16(7-9-17)26-19(28)18-5-3-12-27(18)20-22-10-4-11-23-20/h4,6-11,13,18H,3,5,12H2,1-2H3,(H,26,28)/t18-/m1/s1. The van der Waals surface area contributed by atoms with E-state index in [0.717, 1.165) is 46.5 Å². The molecule has 1 aliphatic heterocycles. The van der Waals surface area contributed by atoms with E-state index < -0.39 is 0 Å². The van der Waals surface area contributed by atoms with Crippen LogP contribution >= 0.6 is 11.8 Å². The number of carbonyl (C=O) groups is 1. The van der Waals surface area contributed by atoms with Gasteiger partial charge in [0.25, 0.3) is 0 Å². The lowest BCUT2D eigenvalue weighted by atomic mass is 10.2. The molecule has 3 aromatic rings. The molecule has 29 heavy (non-hydrogen) atoms. The number of nitrogens with one attached hydrogen (secondary N) is 1. The molecule has 0 saturated carbocycles. The summed E-state index contributed by atoms with van der Waals surface area (Å²) in [5.74, 6) is 0.568. The zero-order chi connectivity index (χ0) is 20.2. The average molecular weight is 407 g/mol. The second-order valence-electron chi connectivity index (χ2n) is 6.95. The van der Waals surface area contributed by atoms with Gasteiger partial charge < -0.3 is 10.2 Å². The maximum Gasteiger partial charge on any atom is 0.247 e. The van der Waals surface area contributed by atoms with Crippen LogP contribution in [0, 0.1) is 13.8 Å². The van der Waals surface area contributed by atoms with Gasteiger partial charge in [0.1, 0.15) is 6.04 Å². The third kappa shape index (κ3) is 4.71. The normalized spacial score (nSPS) is 16.1. The van der Waals surface area contributed by atoms with E-state index in [0.29, 0.717) is 5.95 Å². The van der Waals surface area contributed by atoms with E-state index in [4.69, 9.17) is 0 Å². The van der Waals surface area contributed by atoms with Crippen LogP contribution < -0.4 is 10.2 Å². The second-order valence-corrected chi connectivity index (χ2v) is 7.99. The summed E-state index contributed by atoms with van der Waals surface area (Å²) in [6.07, 6.45) is 5.14. The van der Waals surface area contributed by atoms with Gasteiger partial charge in [0.05, 0.1) is 0 Å². The zero-order valence-corrected chi connectivity index (χ0v) is 17.2. The Hall–Kier alpha value is -3.00. The fourth-order valence-corrected chi connectivity index (χ4v) is 4.26. The number of hydrogen-bond donors (Lipinski definition) is 1. The number of hydrogen-bond acceptors (Lipinski definition) is 7. The molecule has 1 aromatic carbocycles. The highest BCUT2D eigenvalue weighted by Crippen LogP contribution is 2.27. The first-order valence-electron chi connectivity index (χ1n) is 9.53. The number of nitrogens with zero attached hydrogens (tertiary/aromatic N) is 5. The maximum atomic E-state index is 12.8. The van der Waals surface area contributed by atoms with Crippen molar-refractivity contribution in [1.29, 1.82) is 0 Å². The first-order valence-corrected chi connectivity index (χ1v) is 10.3. The lowest BCUT2D eigenvalue weighted by Crippen LogP contribution is -2.40. The SMILES string of the molecule is Cc1cc(C)nc(Sc2ccc(NC(=O)[C@H]3CCCN3c3ncccn3)cc2)n1. The van der Waals surface area contributed by atoms with Crippen LogP contribution in [0.3, 0.4) is 0 Å². The number of amides is 1. The fourth-order valence-electron chi connectivity index (χ4n) is 3.39. The zero-order valence-electron chi connectivity index (χ0n) is 16.4. The molecule has 0 unspecified atom stereocenters. The van der Waals surface area contributed by atoms with Crippen LogP contribution in [-0.2, 0) is 4.79 Å². The van der Waals surface area contributed by atoms with Crippen LogP contribution in [0.5, 0.6) is 0 Å². The van der Waals surface area contributed by atoms with E-state index in [9.17, 15) is 4.79 Å². The summed E-state index contributed by atoms with van der Waals surface area (Å²) in [6.45, 7) is 4.71. The summed E-state index contributed by atoms with van der Waals surface area (Å²) < 4.78 is 0. The Labute approximate surface area is 174 Å². The van der Waals surface area contributed by atoms with E-state index >= 15 is 0 Å². The molecule has 4 rings (SSSR count). The summed E-state index contributed by atoms with van der Waals surface area (Å²) in [5.41, 5.74) is 2.67. The van der Waals surface area contributed by atoms with Crippen LogP contribution in [-0.4, -0.2) is 38.4 Å². The van der Waals surface area contributed by atoms with Crippen LogP contribution in [0.4, 0.5) is 11.6 Å². The second kappa shape index (κ2) is 8.57. The molecule has 1 aliphatic rings. The number of anilines is 2. The molecule has 1 saturated heterocycles. The maximum absolute atomic E-state index is 12.8. The Morgan fingerprint density at radius 3 is 2.48 bits per heavy atom. The Kier molecular flexibility index (Phi) is 5.71. The Bertz CT molecular complexity index is 976. The van der Waals surface area contributed by atoms with Crippen LogP contribution in [0.2, 0.25) is 0 Å². The summed E-state index contributed by atoms with van der Waals surface area (Å²) in [7, 11) is 0. The van der Waals surface area contributed by atoms with Crippen molar-refractivity contribution in [1.82, 2.24) is 19.9 Å². The van der Waals surface area contributed by atoms with Gasteiger partial charge in [-0.2, -0.15) is 0 Å². The average Bonchev–Trinajstić information content (AvgIpc) is 3.19. The van der Waals surface area contributed by atoms with Gasteiger partial charge in [0.2, 0.25) is 11.9 Å². The van der Waals surface area contributed by atoms with Gasteiger partial charge >= 0.3 is 0 Å². The minimum absolute atomic E-state index is 0.0343. The largest absolute Gasteiger partial charge is 0.329 e. The third-order valence-corrected chi connectivity index (χ3v) is 5.53. The molecular weight excluding hydrogens is 384 g/mol. The molecule has 1 atom stereocenters. The first-order chi connectivity index (χ1) is 14.1. The third-order valence-electron chi connectivity index (χ3n) is 4.66. The van der Waals surface area contributed by atoms with Gasteiger partial charge in [0.15, 0.2) is 5.16 Å². The van der Waals surface area contributed by atoms with Crippen molar-refractivity contribution in [3.8, 4) is 0 Å². The van der Waals surface area contributed by atoms with Gasteiger partial charge in [-0.05, 0) is 74.8 Å². The molecule has 1 N–H and O–H groups in total. The highest BCUT2D eigenvalue weighted by atomic mass is 32.2. The van der Waals surface area contributed by atoms with Crippen LogP contribution in [0.15, 0.2) is 58.8 Å². The molecule has 1 fully saturated rings. The molecule has 0 spiro atoms. The van der Waals surface area contributed by atoms with Crippen molar-refractivity contribution < 1.29 is 4.79 Å². The summed E-state index contributed by atoms with van der Waals surface area (Å²) >= 11 is 1.51. The van der Waals surface area contributed by atoms with Gasteiger partial charge in [-0.15, -0.1) is 0 Å². The van der Waals surface area contributed by atoms with Crippen molar-refractivity contribution in [2.24, 2.45) is 0 Å². The molecule has 0 bridgehead atoms. The summed E-state index contributed by atoms with van der Waals surface area (Å²) in [4.78, 5) is 33.3. The van der Waals surface area contributed by atoms with Gasteiger partial charge in [-0.3, -0.25) is 4.79 Å². The van der Waals surface area contributed by atoms with Crippen molar-refractivity contribution in [3.63, 3.8) is 0 Å². The fraction of sp³-hybridized carbons (Fsp3) is 0.286. The minimum atomic E-state index is -0.255. The Balaban J connectivity index is 1.41. The summed E-state index contributed by atoms with van der Waals surface area (Å²) in [5, 5.41) is 3.74. The van der Waals surface area contributed by atoms with E-state index in [1.165, 1.54) is 11.8 Å².